The minimum Gasteiger partial charge on any atom is -0.393 e. The molecule has 0 fully saturated rings. The molecule has 0 aliphatic rings. The molecule has 2 aromatic carbocycles. The summed E-state index contributed by atoms with van der Waals surface area (Å²) in [5.74, 6) is 0.732. The average Bonchev–Trinajstić information content (AvgIpc) is 2.75. The summed E-state index contributed by atoms with van der Waals surface area (Å²) in [4.78, 5) is 9.08. The maximum Gasteiger partial charge on any atom is 0.159 e. The van der Waals surface area contributed by atoms with Crippen LogP contribution in [0, 0.1) is 0 Å². The zero-order valence-corrected chi connectivity index (χ0v) is 17.0. The summed E-state index contributed by atoms with van der Waals surface area (Å²) in [5.41, 5.74) is 5.52. The molecule has 1 N–H and O–H groups in total. The van der Waals surface area contributed by atoms with Crippen LogP contribution in [0.15, 0.2) is 79.7 Å². The van der Waals surface area contributed by atoms with Crippen LogP contribution in [0.1, 0.15) is 37.3 Å². The quantitative estimate of drug-likeness (QED) is 0.358. The predicted molar refractivity (Wildman–Crippen MR) is 121 cm³/mol. The zero-order chi connectivity index (χ0) is 20.5. The summed E-state index contributed by atoms with van der Waals surface area (Å²) in [7, 11) is 0. The number of rotatable bonds is 9. The summed E-state index contributed by atoms with van der Waals surface area (Å²) in [5, 5.41) is 9.28. The Kier molecular flexibility index (Phi) is 7.48. The van der Waals surface area contributed by atoms with Crippen LogP contribution in [-0.2, 0) is 6.42 Å². The van der Waals surface area contributed by atoms with Crippen molar-refractivity contribution in [3.8, 4) is 22.5 Å². The molecule has 29 heavy (non-hydrogen) atoms. The van der Waals surface area contributed by atoms with E-state index in [1.165, 1.54) is 11.1 Å². The largest absolute Gasteiger partial charge is 0.393 e. The van der Waals surface area contributed by atoms with Gasteiger partial charge in [-0.3, -0.25) is 0 Å². The van der Waals surface area contributed by atoms with Gasteiger partial charge in [-0.2, -0.15) is 0 Å². The molecule has 0 saturated heterocycles. The van der Waals surface area contributed by atoms with Crippen molar-refractivity contribution in [3.63, 3.8) is 0 Å². The van der Waals surface area contributed by atoms with Gasteiger partial charge >= 0.3 is 0 Å². The third-order valence-electron chi connectivity index (χ3n) is 4.79. The number of unbranched alkanes of at least 4 members (excludes halogenated alkanes) is 1. The van der Waals surface area contributed by atoms with Crippen LogP contribution >= 0.6 is 0 Å². The van der Waals surface area contributed by atoms with Gasteiger partial charge in [-0.15, -0.1) is 6.58 Å². The first-order valence-corrected chi connectivity index (χ1v) is 10.1. The minimum atomic E-state index is -0.215. The first-order chi connectivity index (χ1) is 14.2. The lowest BCUT2D eigenvalue weighted by molar-refractivity contribution is 0.182. The SMILES string of the molecule is C=CCc1ccc(-c2ncc(-c3ccc(C=CCCCC(C)O)cc3)cn2)cc1. The third kappa shape index (κ3) is 6.23. The zero-order valence-electron chi connectivity index (χ0n) is 17.0. The van der Waals surface area contributed by atoms with Crippen LogP contribution in [0.4, 0.5) is 0 Å². The lowest BCUT2D eigenvalue weighted by Crippen LogP contribution is -1.97. The van der Waals surface area contributed by atoms with Gasteiger partial charge in [0.1, 0.15) is 0 Å². The molecule has 3 aromatic rings. The highest BCUT2D eigenvalue weighted by Gasteiger charge is 2.03. The second-order valence-corrected chi connectivity index (χ2v) is 7.29. The van der Waals surface area contributed by atoms with Gasteiger partial charge in [0.05, 0.1) is 6.10 Å². The fraction of sp³-hybridized carbons (Fsp3) is 0.231. The van der Waals surface area contributed by atoms with Crippen molar-refractivity contribution in [2.45, 2.75) is 38.7 Å². The molecule has 0 radical (unpaired) electrons. The average molecular weight is 385 g/mol. The number of hydrogen-bond donors (Lipinski definition) is 1. The molecule has 148 valence electrons. The molecule has 3 rings (SSSR count). The van der Waals surface area contributed by atoms with Crippen molar-refractivity contribution in [1.82, 2.24) is 9.97 Å². The molecular weight excluding hydrogens is 356 g/mol. The highest BCUT2D eigenvalue weighted by molar-refractivity contribution is 5.65. The van der Waals surface area contributed by atoms with E-state index in [1.807, 2.05) is 25.4 Å². The molecule has 0 bridgehead atoms. The summed E-state index contributed by atoms with van der Waals surface area (Å²) < 4.78 is 0. The van der Waals surface area contributed by atoms with Crippen LogP contribution in [0.5, 0.6) is 0 Å². The molecule has 0 amide bonds. The van der Waals surface area contributed by atoms with Crippen LogP contribution in [-0.4, -0.2) is 21.2 Å². The Morgan fingerprint density at radius 2 is 1.59 bits per heavy atom. The van der Waals surface area contributed by atoms with E-state index in [0.29, 0.717) is 0 Å². The minimum absolute atomic E-state index is 0.215. The molecule has 0 aliphatic carbocycles. The fourth-order valence-electron chi connectivity index (χ4n) is 3.12. The number of allylic oxidation sites excluding steroid dienone is 2. The van der Waals surface area contributed by atoms with Crippen molar-refractivity contribution in [2.75, 3.05) is 0 Å². The van der Waals surface area contributed by atoms with Crippen molar-refractivity contribution in [1.29, 1.82) is 0 Å². The highest BCUT2D eigenvalue weighted by Crippen LogP contribution is 2.22. The van der Waals surface area contributed by atoms with Crippen molar-refractivity contribution in [2.24, 2.45) is 0 Å². The molecular formula is C26H28N2O. The van der Waals surface area contributed by atoms with Gasteiger partial charge in [-0.25, -0.2) is 9.97 Å². The predicted octanol–water partition coefficient (Wildman–Crippen LogP) is 6.10. The molecule has 1 aromatic heterocycles. The van der Waals surface area contributed by atoms with E-state index in [4.69, 9.17) is 0 Å². The van der Waals surface area contributed by atoms with E-state index in [9.17, 15) is 5.11 Å². The smallest absolute Gasteiger partial charge is 0.159 e. The van der Waals surface area contributed by atoms with Gasteiger partial charge in [0.15, 0.2) is 5.82 Å². The summed E-state index contributed by atoms with van der Waals surface area (Å²) in [6.07, 6.45) is 13.4. The van der Waals surface area contributed by atoms with Crippen LogP contribution < -0.4 is 0 Å². The number of aliphatic hydroxyl groups is 1. The van der Waals surface area contributed by atoms with Gasteiger partial charge in [0.2, 0.25) is 0 Å². The summed E-state index contributed by atoms with van der Waals surface area (Å²) in [6, 6.07) is 16.7. The number of aromatic nitrogens is 2. The Labute approximate surface area is 173 Å². The van der Waals surface area contributed by atoms with E-state index in [2.05, 4.69) is 77.2 Å². The van der Waals surface area contributed by atoms with Gasteiger partial charge in [-0.05, 0) is 49.3 Å². The fourth-order valence-corrected chi connectivity index (χ4v) is 3.12. The van der Waals surface area contributed by atoms with Crippen molar-refractivity contribution in [3.05, 3.63) is 90.8 Å². The molecule has 0 aliphatic heterocycles. The van der Waals surface area contributed by atoms with Crippen molar-refractivity contribution >= 4 is 6.08 Å². The van der Waals surface area contributed by atoms with Crippen LogP contribution in [0.2, 0.25) is 0 Å². The van der Waals surface area contributed by atoms with Crippen LogP contribution in [0.3, 0.4) is 0 Å². The molecule has 3 heteroatoms. The molecule has 0 spiro atoms. The maximum atomic E-state index is 9.28. The van der Waals surface area contributed by atoms with E-state index in [0.717, 1.165) is 48.2 Å². The lowest BCUT2D eigenvalue weighted by Gasteiger charge is -2.05. The Morgan fingerprint density at radius 1 is 0.931 bits per heavy atom. The molecule has 1 atom stereocenters. The van der Waals surface area contributed by atoms with Gasteiger partial charge in [0, 0.05) is 23.5 Å². The van der Waals surface area contributed by atoms with Crippen molar-refractivity contribution < 1.29 is 5.11 Å². The van der Waals surface area contributed by atoms with Gasteiger partial charge in [0.25, 0.3) is 0 Å². The first-order valence-electron chi connectivity index (χ1n) is 10.1. The lowest BCUT2D eigenvalue weighted by atomic mass is 10.1. The van der Waals surface area contributed by atoms with E-state index < -0.39 is 0 Å². The van der Waals surface area contributed by atoms with E-state index in [-0.39, 0.29) is 6.10 Å². The Morgan fingerprint density at radius 3 is 2.21 bits per heavy atom. The number of hydrogen-bond acceptors (Lipinski definition) is 3. The topological polar surface area (TPSA) is 46.0 Å². The van der Waals surface area contributed by atoms with E-state index in [1.54, 1.807) is 0 Å². The molecule has 0 saturated carbocycles. The summed E-state index contributed by atoms with van der Waals surface area (Å²) >= 11 is 0. The number of aliphatic hydroxyl groups excluding tert-OH is 1. The highest BCUT2D eigenvalue weighted by atomic mass is 16.3. The first kappa shape index (κ1) is 20.7. The Bertz CT molecular complexity index is 924. The standard InChI is InChI=1S/C26H28N2O/c1-3-7-21-12-16-24(17-13-21)26-27-18-25(19-28-26)23-14-10-22(11-15-23)9-6-4-5-8-20(2)29/h3,6,9-20,29H,1,4-5,7-8H2,2H3. The molecule has 1 unspecified atom stereocenters. The monoisotopic (exact) mass is 384 g/mol. The molecule has 3 nitrogen and oxygen atoms in total. The normalized spacial score (nSPS) is 12.2. The number of nitrogens with zero attached hydrogens (tertiary/aromatic N) is 2. The van der Waals surface area contributed by atoms with E-state index >= 15 is 0 Å². The maximum absolute atomic E-state index is 9.28. The second-order valence-electron chi connectivity index (χ2n) is 7.29. The third-order valence-corrected chi connectivity index (χ3v) is 4.79. The Balaban J connectivity index is 1.62. The summed E-state index contributed by atoms with van der Waals surface area (Å²) in [6.45, 7) is 5.60. The molecule has 1 heterocycles. The van der Waals surface area contributed by atoms with Crippen LogP contribution in [0.25, 0.3) is 28.6 Å². The van der Waals surface area contributed by atoms with Gasteiger partial charge < -0.3 is 5.11 Å². The number of benzene rings is 2. The Hall–Kier alpha value is -3.04. The second kappa shape index (κ2) is 10.5. The van der Waals surface area contributed by atoms with Gasteiger partial charge in [-0.1, -0.05) is 66.8 Å².